The van der Waals surface area contributed by atoms with Gasteiger partial charge in [-0.1, -0.05) is 70.9 Å². The third-order valence-electron chi connectivity index (χ3n) is 11.8. The van der Waals surface area contributed by atoms with E-state index in [0.29, 0.717) is 6.61 Å². The van der Waals surface area contributed by atoms with E-state index in [1.807, 2.05) is 0 Å². The summed E-state index contributed by atoms with van der Waals surface area (Å²) in [5, 5.41) is 28.4. The number of aliphatic hydroxyl groups excluding tert-OH is 3. The molecule has 9 nitrogen and oxygen atoms in total. The summed E-state index contributed by atoms with van der Waals surface area (Å²) in [6.07, 6.45) is 12.0. The molecule has 19 heteroatoms. The van der Waals surface area contributed by atoms with Gasteiger partial charge < -0.3 is 41.6 Å². The van der Waals surface area contributed by atoms with Crippen molar-refractivity contribution in [2.24, 2.45) is 0 Å². The fourth-order valence-corrected chi connectivity index (χ4v) is 50.5. The third-order valence-corrected chi connectivity index (χ3v) is 43.7. The second-order valence-electron chi connectivity index (χ2n) is 23.8. The molecule has 0 heterocycles. The first kappa shape index (κ1) is 71.6. The highest BCUT2D eigenvalue weighted by atomic mass is 79.9. The van der Waals surface area contributed by atoms with Crippen LogP contribution in [0.2, 0.25) is 153 Å². The van der Waals surface area contributed by atoms with Crippen LogP contribution in [-0.2, 0) is 16.5 Å². The Kier molecular flexibility index (Phi) is 40.9. The molecule has 0 fully saturated rings. The van der Waals surface area contributed by atoms with Gasteiger partial charge in [0.15, 0.2) is 66.5 Å². The van der Waals surface area contributed by atoms with Crippen molar-refractivity contribution in [2.45, 2.75) is 224 Å². The number of rotatable bonds is 38. The van der Waals surface area contributed by atoms with Gasteiger partial charge in [0, 0.05) is 30.4 Å². The molecule has 0 radical (unpaired) electrons. The molecule has 0 rings (SSSR count). The molecule has 0 aromatic carbocycles. The topological polar surface area (TPSA) is 104 Å². The van der Waals surface area contributed by atoms with Crippen LogP contribution in [-0.4, -0.2) is 162 Å². The van der Waals surface area contributed by atoms with Gasteiger partial charge in [-0.25, -0.2) is 0 Å². The Morgan fingerprint density at radius 1 is 0.323 bits per heavy atom. The molecule has 0 unspecified atom stereocenters. The van der Waals surface area contributed by atoms with Gasteiger partial charge in [0.05, 0.1) is 13.2 Å². The minimum Gasteiger partial charge on any atom is -0.456 e. The number of hydrogen-bond donors (Lipinski definition) is 3. The molecule has 396 valence electrons. The lowest BCUT2D eigenvalue weighted by atomic mass is 10.3. The summed E-state index contributed by atoms with van der Waals surface area (Å²) < 4.78 is 27.4. The Hall–Kier alpha value is 2.34. The summed E-state index contributed by atoms with van der Waals surface area (Å²) in [6.45, 7) is 45.1. The molecule has 0 saturated carbocycles. The number of nitrogens with zero attached hydrogens (tertiary/aromatic N) is 2. The SMILES string of the molecule is CCCCO.CN(CCO)CCCC[Si](C)(C)O[Si](C)(C)CC[Si](C)(C)O[Si](C)(C)CCCCN(C)CCO.C[Si](C)(CCCCBr)O[Si](C)(C)CC[Si](C)(C)O[Si](C)(C)CCCCBr. The van der Waals surface area contributed by atoms with Crippen molar-refractivity contribution in [3.63, 3.8) is 0 Å². The van der Waals surface area contributed by atoms with Crippen molar-refractivity contribution in [3.8, 4) is 0 Å². The van der Waals surface area contributed by atoms with Gasteiger partial charge in [-0.2, -0.15) is 0 Å². The molecule has 0 aromatic heterocycles. The van der Waals surface area contributed by atoms with Crippen LogP contribution in [0.5, 0.6) is 0 Å². The Labute approximate surface area is 431 Å². The first-order chi connectivity index (χ1) is 29.7. The molecule has 0 atom stereocenters. The number of unbranched alkanes of at least 4 members (excludes halogenated alkanes) is 5. The lowest BCUT2D eigenvalue weighted by molar-refractivity contribution is 0.219. The fourth-order valence-electron chi connectivity index (χ4n) is 8.48. The van der Waals surface area contributed by atoms with Crippen molar-refractivity contribution >= 4 is 98.4 Å². The van der Waals surface area contributed by atoms with E-state index in [1.165, 1.54) is 99.7 Å². The minimum absolute atomic E-state index is 0.242. The van der Waals surface area contributed by atoms with Crippen LogP contribution in [0.4, 0.5) is 0 Å². The summed E-state index contributed by atoms with van der Waals surface area (Å²) in [4.78, 5) is 4.42. The Bertz CT molecular complexity index is 1060. The zero-order valence-electron chi connectivity index (χ0n) is 46.7. The predicted molar refractivity (Wildman–Crippen MR) is 318 cm³/mol. The molecule has 0 bridgehead atoms. The largest absolute Gasteiger partial charge is 0.456 e. The maximum Gasteiger partial charge on any atom is 0.173 e. The second kappa shape index (κ2) is 37.1. The van der Waals surface area contributed by atoms with Crippen LogP contribution >= 0.6 is 31.9 Å². The first-order valence-electron chi connectivity index (χ1n) is 25.8. The standard InChI is InChI=1S/C24H60N2O4Si4.C18H44Br2O2Si4.C4H10O/c1-25(17-19-27)15-11-13-21-31(3,4)29-33(7,8)23-24-34(9,10)30-32(5,6)22-14-12-16-26(2)18-20-28;1-23(2,15-11-9-13-19)21-25(5,6)17-18-26(7,8)22-24(3,4)16-12-10-14-20;1-2-3-4-5/h27-28H,11-24H2,1-10H3;9-18H2,1-8H3;5H,2-4H2,1H3. The van der Waals surface area contributed by atoms with Crippen molar-refractivity contribution in [1.29, 1.82) is 0 Å². The lowest BCUT2D eigenvalue weighted by Gasteiger charge is -2.38. The second-order valence-corrected chi connectivity index (χ2v) is 60.8. The molecule has 0 aliphatic carbocycles. The van der Waals surface area contributed by atoms with Gasteiger partial charge in [0.25, 0.3) is 0 Å². The summed E-state index contributed by atoms with van der Waals surface area (Å²) in [6, 6.07) is 9.96. The molecule has 3 N–H and O–H groups in total. The molecular weight excluding hydrogens is 1080 g/mol. The van der Waals surface area contributed by atoms with Crippen LogP contribution < -0.4 is 0 Å². The molecule has 0 saturated heterocycles. The average molecular weight is 1190 g/mol. The van der Waals surface area contributed by atoms with Crippen LogP contribution in [0.3, 0.4) is 0 Å². The van der Waals surface area contributed by atoms with Crippen LogP contribution in [0.25, 0.3) is 0 Å². The molecule has 0 aromatic rings. The van der Waals surface area contributed by atoms with Crippen molar-refractivity contribution < 1.29 is 31.8 Å². The van der Waals surface area contributed by atoms with E-state index in [0.717, 1.165) is 49.7 Å². The van der Waals surface area contributed by atoms with E-state index in [1.54, 1.807) is 0 Å². The monoisotopic (exact) mass is 1190 g/mol. The number of aliphatic hydroxyl groups is 3. The smallest absolute Gasteiger partial charge is 0.173 e. The van der Waals surface area contributed by atoms with Gasteiger partial charge in [0.1, 0.15) is 0 Å². The predicted octanol–water partition coefficient (Wildman–Crippen LogP) is 14.2. The van der Waals surface area contributed by atoms with E-state index in [2.05, 4.69) is 167 Å². The van der Waals surface area contributed by atoms with E-state index in [4.69, 9.17) is 31.8 Å². The van der Waals surface area contributed by atoms with Crippen LogP contribution in [0.1, 0.15) is 71.1 Å². The number of hydrogen-bond acceptors (Lipinski definition) is 9. The van der Waals surface area contributed by atoms with Gasteiger partial charge >= 0.3 is 0 Å². The molecule has 0 aliphatic heterocycles. The summed E-state index contributed by atoms with van der Waals surface area (Å²) >= 11 is 7.09. The third kappa shape index (κ3) is 47.1. The Morgan fingerprint density at radius 3 is 0.738 bits per heavy atom. The Balaban J connectivity index is -0.00000110. The maximum absolute atomic E-state index is 9.04. The summed E-state index contributed by atoms with van der Waals surface area (Å²) in [7, 11) is -8.80. The van der Waals surface area contributed by atoms with E-state index < -0.39 is 66.5 Å². The zero-order chi connectivity index (χ0) is 51.1. The van der Waals surface area contributed by atoms with Crippen molar-refractivity contribution in [1.82, 2.24) is 9.80 Å². The van der Waals surface area contributed by atoms with E-state index >= 15 is 0 Å². The molecule has 0 amide bonds. The maximum atomic E-state index is 9.04. The minimum atomic E-state index is -1.71. The fraction of sp³-hybridized carbons (Fsp3) is 1.00. The van der Waals surface area contributed by atoms with Gasteiger partial charge in [0.2, 0.25) is 0 Å². The molecule has 65 heavy (non-hydrogen) atoms. The normalized spacial score (nSPS) is 13.6. The van der Waals surface area contributed by atoms with Crippen molar-refractivity contribution in [2.75, 3.05) is 70.8 Å². The van der Waals surface area contributed by atoms with E-state index in [9.17, 15) is 0 Å². The highest BCUT2D eigenvalue weighted by molar-refractivity contribution is 9.09. The highest BCUT2D eigenvalue weighted by Crippen LogP contribution is 2.32. The summed E-state index contributed by atoms with van der Waals surface area (Å²) in [5.74, 6) is 0. The molecular formula is C46H114Br2N2O7Si8. The van der Waals surface area contributed by atoms with Crippen LogP contribution in [0, 0.1) is 0 Å². The zero-order valence-corrected chi connectivity index (χ0v) is 57.9. The lowest BCUT2D eigenvalue weighted by Crippen LogP contribution is -2.48. The van der Waals surface area contributed by atoms with Gasteiger partial charge in [-0.3, -0.25) is 0 Å². The molecule has 0 aliphatic rings. The van der Waals surface area contributed by atoms with Gasteiger partial charge in [-0.05, 0) is 212 Å². The average Bonchev–Trinajstić information content (AvgIpc) is 3.13. The van der Waals surface area contributed by atoms with Crippen LogP contribution in [0.15, 0.2) is 0 Å². The highest BCUT2D eigenvalue weighted by Gasteiger charge is 2.39. The Morgan fingerprint density at radius 2 is 0.554 bits per heavy atom. The molecule has 0 spiro atoms. The quantitative estimate of drug-likeness (QED) is 0.0317. The number of alkyl halides is 2. The van der Waals surface area contributed by atoms with E-state index in [-0.39, 0.29) is 13.2 Å². The number of likely N-dealkylation sites (N-methyl/N-ethyl adjacent to an activating group) is 2. The summed E-state index contributed by atoms with van der Waals surface area (Å²) in [5.41, 5.74) is 0. The van der Waals surface area contributed by atoms with Gasteiger partial charge in [-0.15, -0.1) is 0 Å². The first-order valence-corrected chi connectivity index (χ1v) is 53.0. The van der Waals surface area contributed by atoms with Crippen molar-refractivity contribution in [3.05, 3.63) is 0 Å². The number of halogens is 2.